The molecule has 0 radical (unpaired) electrons. The van der Waals surface area contributed by atoms with Gasteiger partial charge >= 0.3 is 5.97 Å². The number of likely N-dealkylation sites (tertiary alicyclic amines) is 1. The van der Waals surface area contributed by atoms with Crippen molar-refractivity contribution in [2.24, 2.45) is 18.9 Å². The van der Waals surface area contributed by atoms with Crippen LogP contribution in [0.5, 0.6) is 5.75 Å². The SMILES string of the molecule is COC(=O)c1ccc(O[C@@H]2C[C@@H]3CN(C(=O)c4cn(C)cn4)C[C@@H]3C[C@H]2O)cc1. The molecule has 2 fully saturated rings. The largest absolute Gasteiger partial charge is 0.488 e. The number of esters is 1. The molecule has 4 rings (SSSR count). The molecule has 1 aromatic heterocycles. The van der Waals surface area contributed by atoms with Gasteiger partial charge in [0.25, 0.3) is 5.91 Å². The number of aliphatic hydroxyl groups is 1. The number of amides is 1. The van der Waals surface area contributed by atoms with Crippen molar-refractivity contribution in [1.82, 2.24) is 14.5 Å². The summed E-state index contributed by atoms with van der Waals surface area (Å²) in [5, 5.41) is 10.6. The van der Waals surface area contributed by atoms with Gasteiger partial charge < -0.3 is 24.0 Å². The summed E-state index contributed by atoms with van der Waals surface area (Å²) in [5.41, 5.74) is 0.897. The van der Waals surface area contributed by atoms with Gasteiger partial charge in [0.05, 0.1) is 25.1 Å². The number of carbonyl (C=O) groups is 2. The van der Waals surface area contributed by atoms with Crippen molar-refractivity contribution >= 4 is 11.9 Å². The number of ether oxygens (including phenoxy) is 2. The number of hydrogen-bond donors (Lipinski definition) is 1. The third-order valence-corrected chi connectivity index (χ3v) is 5.86. The summed E-state index contributed by atoms with van der Waals surface area (Å²) in [6.45, 7) is 1.28. The van der Waals surface area contributed by atoms with Crippen LogP contribution in [0.3, 0.4) is 0 Å². The van der Waals surface area contributed by atoms with E-state index < -0.39 is 12.1 Å². The van der Waals surface area contributed by atoms with Crippen LogP contribution in [0, 0.1) is 11.8 Å². The van der Waals surface area contributed by atoms with E-state index in [1.165, 1.54) is 7.11 Å². The Labute approximate surface area is 169 Å². The van der Waals surface area contributed by atoms with E-state index in [0.29, 0.717) is 42.9 Å². The Morgan fingerprint density at radius 3 is 2.45 bits per heavy atom. The monoisotopic (exact) mass is 399 g/mol. The van der Waals surface area contributed by atoms with Gasteiger partial charge in [0, 0.05) is 26.3 Å². The molecule has 0 unspecified atom stereocenters. The van der Waals surface area contributed by atoms with Gasteiger partial charge in [0.15, 0.2) is 0 Å². The summed E-state index contributed by atoms with van der Waals surface area (Å²) in [4.78, 5) is 30.2. The van der Waals surface area contributed by atoms with Gasteiger partial charge in [-0.15, -0.1) is 0 Å². The van der Waals surface area contributed by atoms with Gasteiger partial charge in [-0.1, -0.05) is 0 Å². The minimum absolute atomic E-state index is 0.0645. The van der Waals surface area contributed by atoms with Crippen LogP contribution in [0.1, 0.15) is 33.7 Å². The molecule has 4 atom stereocenters. The maximum Gasteiger partial charge on any atom is 0.337 e. The molecule has 29 heavy (non-hydrogen) atoms. The summed E-state index contributed by atoms with van der Waals surface area (Å²) in [7, 11) is 3.18. The van der Waals surface area contributed by atoms with Gasteiger partial charge in [0.1, 0.15) is 17.5 Å². The number of carbonyl (C=O) groups excluding carboxylic acids is 2. The lowest BCUT2D eigenvalue weighted by Gasteiger charge is -2.35. The zero-order valence-electron chi connectivity index (χ0n) is 16.5. The molecule has 1 amide bonds. The normalized spacial score (nSPS) is 26.1. The summed E-state index contributed by atoms with van der Waals surface area (Å²) in [5.74, 6) is 0.676. The number of methoxy groups -OCH3 is 1. The van der Waals surface area contributed by atoms with Crippen LogP contribution in [0.15, 0.2) is 36.8 Å². The molecule has 154 valence electrons. The van der Waals surface area contributed by atoms with Crippen LogP contribution in [0.2, 0.25) is 0 Å². The fourth-order valence-electron chi connectivity index (χ4n) is 4.33. The van der Waals surface area contributed by atoms with E-state index in [0.717, 1.165) is 0 Å². The molecule has 1 saturated heterocycles. The summed E-state index contributed by atoms with van der Waals surface area (Å²) < 4.78 is 12.5. The van der Waals surface area contributed by atoms with Crippen molar-refractivity contribution in [3.8, 4) is 5.75 Å². The first-order valence-electron chi connectivity index (χ1n) is 9.75. The Kier molecular flexibility index (Phi) is 5.27. The van der Waals surface area contributed by atoms with Crippen LogP contribution >= 0.6 is 0 Å². The van der Waals surface area contributed by atoms with Crippen molar-refractivity contribution in [1.29, 1.82) is 0 Å². The van der Waals surface area contributed by atoms with Crippen molar-refractivity contribution in [3.63, 3.8) is 0 Å². The fourth-order valence-corrected chi connectivity index (χ4v) is 4.33. The van der Waals surface area contributed by atoms with E-state index in [4.69, 9.17) is 9.47 Å². The number of aryl methyl sites for hydroxylation is 1. The maximum absolute atomic E-state index is 12.7. The quantitative estimate of drug-likeness (QED) is 0.783. The average molecular weight is 399 g/mol. The standard InChI is InChI=1S/C21H25N3O5/c1-23-11-17(22-12-23)20(26)24-9-14-7-18(25)19(8-15(14)10-24)29-16-5-3-13(4-6-16)21(27)28-2/h3-6,11-12,14-15,18-19,25H,7-10H2,1-2H3/t14-,15+,18+,19+/m0/s1. The second-order valence-electron chi connectivity index (χ2n) is 7.87. The first kappa shape index (κ1) is 19.4. The fraction of sp³-hybridized carbons (Fsp3) is 0.476. The van der Waals surface area contributed by atoms with Gasteiger partial charge in [-0.2, -0.15) is 0 Å². The van der Waals surface area contributed by atoms with Crippen molar-refractivity contribution in [3.05, 3.63) is 48.0 Å². The van der Waals surface area contributed by atoms with Crippen molar-refractivity contribution < 1.29 is 24.2 Å². The molecule has 1 N–H and O–H groups in total. The Morgan fingerprint density at radius 1 is 1.14 bits per heavy atom. The van der Waals surface area contributed by atoms with E-state index in [-0.39, 0.29) is 23.8 Å². The van der Waals surface area contributed by atoms with E-state index in [1.54, 1.807) is 41.4 Å². The summed E-state index contributed by atoms with van der Waals surface area (Å²) >= 11 is 0. The topological polar surface area (TPSA) is 93.9 Å². The average Bonchev–Trinajstić information content (AvgIpc) is 3.33. The van der Waals surface area contributed by atoms with E-state index in [1.807, 2.05) is 11.9 Å². The molecule has 8 heteroatoms. The summed E-state index contributed by atoms with van der Waals surface area (Å²) in [6, 6.07) is 6.69. The molecule has 2 heterocycles. The van der Waals surface area contributed by atoms with Crippen molar-refractivity contribution in [2.45, 2.75) is 25.0 Å². The predicted octanol–water partition coefficient (Wildman–Crippen LogP) is 1.50. The number of aliphatic hydroxyl groups excluding tert-OH is 1. The number of nitrogens with zero attached hydrogens (tertiary/aromatic N) is 3. The molecule has 2 aromatic rings. The number of benzene rings is 1. The second kappa shape index (κ2) is 7.87. The Bertz CT molecular complexity index is 894. The Morgan fingerprint density at radius 2 is 1.83 bits per heavy atom. The lowest BCUT2D eigenvalue weighted by atomic mass is 9.78. The maximum atomic E-state index is 12.7. The summed E-state index contributed by atoms with van der Waals surface area (Å²) in [6.07, 6.45) is 3.68. The molecule has 8 nitrogen and oxygen atoms in total. The van der Waals surface area contributed by atoms with Gasteiger partial charge in [-0.25, -0.2) is 9.78 Å². The molecule has 1 aliphatic heterocycles. The molecule has 2 aliphatic rings. The number of imidazole rings is 1. The van der Waals surface area contributed by atoms with Crippen molar-refractivity contribution in [2.75, 3.05) is 20.2 Å². The van der Waals surface area contributed by atoms with Crippen LogP contribution in [-0.4, -0.2) is 63.8 Å². The molecular weight excluding hydrogens is 374 g/mol. The Hall–Kier alpha value is -2.87. The van der Waals surface area contributed by atoms with Crippen LogP contribution in [0.25, 0.3) is 0 Å². The minimum atomic E-state index is -0.596. The number of aromatic nitrogens is 2. The minimum Gasteiger partial charge on any atom is -0.488 e. The number of fused-ring (bicyclic) bond motifs is 1. The van der Waals surface area contributed by atoms with E-state index in [9.17, 15) is 14.7 Å². The molecule has 1 aliphatic carbocycles. The van der Waals surface area contributed by atoms with E-state index in [2.05, 4.69) is 4.98 Å². The lowest BCUT2D eigenvalue weighted by molar-refractivity contribution is -0.0231. The van der Waals surface area contributed by atoms with Crippen LogP contribution in [-0.2, 0) is 11.8 Å². The first-order chi connectivity index (χ1) is 13.9. The molecular formula is C21H25N3O5. The first-order valence-corrected chi connectivity index (χ1v) is 9.75. The van der Waals surface area contributed by atoms with Crippen LogP contribution in [0.4, 0.5) is 0 Å². The third kappa shape index (κ3) is 3.98. The zero-order chi connectivity index (χ0) is 20.5. The zero-order valence-corrected chi connectivity index (χ0v) is 16.5. The molecule has 0 bridgehead atoms. The highest BCUT2D eigenvalue weighted by molar-refractivity contribution is 5.92. The third-order valence-electron chi connectivity index (χ3n) is 5.86. The highest BCUT2D eigenvalue weighted by atomic mass is 16.5. The smallest absolute Gasteiger partial charge is 0.337 e. The number of rotatable bonds is 4. The van der Waals surface area contributed by atoms with Crippen LogP contribution < -0.4 is 4.74 Å². The molecule has 1 saturated carbocycles. The highest BCUT2D eigenvalue weighted by Gasteiger charge is 2.44. The number of hydrogen-bond acceptors (Lipinski definition) is 6. The highest BCUT2D eigenvalue weighted by Crippen LogP contribution is 2.38. The van der Waals surface area contributed by atoms with Gasteiger partial charge in [-0.3, -0.25) is 4.79 Å². The predicted molar refractivity (Wildman–Crippen MR) is 104 cm³/mol. The second-order valence-corrected chi connectivity index (χ2v) is 7.87. The van der Waals surface area contributed by atoms with Gasteiger partial charge in [0.2, 0.25) is 0 Å². The van der Waals surface area contributed by atoms with E-state index >= 15 is 0 Å². The Balaban J connectivity index is 1.39. The molecule has 1 aromatic carbocycles. The molecule has 0 spiro atoms. The lowest BCUT2D eigenvalue weighted by Crippen LogP contribution is -2.42. The van der Waals surface area contributed by atoms with Gasteiger partial charge in [-0.05, 0) is 48.9 Å².